The van der Waals surface area contributed by atoms with Crippen molar-refractivity contribution in [2.75, 3.05) is 5.75 Å². The zero-order valence-corrected chi connectivity index (χ0v) is 12.7. The fraction of sp³-hybridized carbons (Fsp3) is 0.0625. The third kappa shape index (κ3) is 4.33. The van der Waals surface area contributed by atoms with Gasteiger partial charge in [-0.1, -0.05) is 18.2 Å². The molecule has 0 heterocycles. The summed E-state index contributed by atoms with van der Waals surface area (Å²) in [5.74, 6) is -1.74. The van der Waals surface area contributed by atoms with Crippen molar-refractivity contribution in [2.45, 2.75) is 4.90 Å². The first-order valence-corrected chi connectivity index (χ1v) is 8.21. The predicted molar refractivity (Wildman–Crippen MR) is 83.3 cm³/mol. The fourth-order valence-corrected chi connectivity index (χ4v) is 2.87. The molecule has 0 atom stereocenters. The highest BCUT2D eigenvalue weighted by atomic mass is 32.2. The Bertz CT molecular complexity index is 825. The van der Waals surface area contributed by atoms with Gasteiger partial charge in [-0.2, -0.15) is 0 Å². The molecule has 2 aromatic carbocycles. The zero-order chi connectivity index (χ0) is 16.9. The van der Waals surface area contributed by atoms with E-state index in [-0.39, 0.29) is 27.7 Å². The van der Waals surface area contributed by atoms with Gasteiger partial charge in [0.15, 0.2) is 9.84 Å². The average Bonchev–Trinajstić information content (AvgIpc) is 2.53. The van der Waals surface area contributed by atoms with E-state index >= 15 is 0 Å². The lowest BCUT2D eigenvalue weighted by Gasteiger charge is -2.04. The third-order valence-corrected chi connectivity index (χ3v) is 4.54. The lowest BCUT2D eigenvalue weighted by atomic mass is 10.2. The summed E-state index contributed by atoms with van der Waals surface area (Å²) in [4.78, 5) is 11.1. The van der Waals surface area contributed by atoms with Gasteiger partial charge in [0, 0.05) is 0 Å². The van der Waals surface area contributed by atoms with Crippen molar-refractivity contribution >= 4 is 15.8 Å². The van der Waals surface area contributed by atoms with E-state index in [1.165, 1.54) is 36.6 Å². The Morgan fingerprint density at radius 1 is 1.13 bits per heavy atom. The zero-order valence-electron chi connectivity index (χ0n) is 11.9. The molecule has 7 heteroatoms. The van der Waals surface area contributed by atoms with E-state index in [1.807, 2.05) is 0 Å². The number of hydrogen-bond donors (Lipinski definition) is 2. The summed E-state index contributed by atoms with van der Waals surface area (Å²) in [6.07, 6.45) is 2.48. The molecule has 0 spiro atoms. The number of phenols is 1. The number of aromatic hydroxyl groups is 1. The molecule has 2 N–H and O–H groups in total. The number of aromatic carboxylic acids is 1. The van der Waals surface area contributed by atoms with E-state index in [0.29, 0.717) is 0 Å². The number of carboxylic acid groups (broad SMARTS) is 1. The summed E-state index contributed by atoms with van der Waals surface area (Å²) in [6.45, 7) is 0. The normalized spacial score (nSPS) is 11.5. The minimum absolute atomic E-state index is 0.175. The van der Waals surface area contributed by atoms with Crippen LogP contribution >= 0.6 is 0 Å². The Morgan fingerprint density at radius 2 is 1.83 bits per heavy atom. The summed E-state index contributed by atoms with van der Waals surface area (Å²) in [7, 11) is -3.44. The highest BCUT2D eigenvalue weighted by Crippen LogP contribution is 2.23. The lowest BCUT2D eigenvalue weighted by Crippen LogP contribution is -2.04. The van der Waals surface area contributed by atoms with E-state index in [4.69, 9.17) is 9.84 Å². The van der Waals surface area contributed by atoms with Gasteiger partial charge in [0.25, 0.3) is 0 Å². The second-order valence-electron chi connectivity index (χ2n) is 4.57. The minimum atomic E-state index is -3.44. The van der Waals surface area contributed by atoms with Gasteiger partial charge in [-0.25, -0.2) is 13.2 Å². The van der Waals surface area contributed by atoms with Crippen molar-refractivity contribution in [2.24, 2.45) is 0 Å². The van der Waals surface area contributed by atoms with E-state index in [2.05, 4.69) is 0 Å². The van der Waals surface area contributed by atoms with Crippen LogP contribution in [0.1, 0.15) is 10.4 Å². The number of carbonyl (C=O) groups is 1. The SMILES string of the molecule is O=C(O)c1cc(OC=CCS(=O)(=O)c2ccccc2)ccc1O. The maximum atomic E-state index is 12.0. The molecule has 0 saturated heterocycles. The maximum Gasteiger partial charge on any atom is 0.339 e. The molecular formula is C16H14O6S. The van der Waals surface area contributed by atoms with Crippen molar-refractivity contribution < 1.29 is 28.2 Å². The second-order valence-corrected chi connectivity index (χ2v) is 6.60. The standard InChI is InChI=1S/C16H14O6S/c17-15-8-7-12(11-14(15)16(18)19)22-9-4-10-23(20,21)13-5-2-1-3-6-13/h1-9,11,17H,10H2,(H,18,19). The van der Waals surface area contributed by atoms with Crippen molar-refractivity contribution in [1.29, 1.82) is 0 Å². The lowest BCUT2D eigenvalue weighted by molar-refractivity contribution is 0.0693. The molecule has 23 heavy (non-hydrogen) atoms. The van der Waals surface area contributed by atoms with Crippen molar-refractivity contribution in [3.63, 3.8) is 0 Å². The summed E-state index contributed by atoms with van der Waals surface area (Å²) in [6, 6.07) is 11.7. The second kappa shape index (κ2) is 6.97. The van der Waals surface area contributed by atoms with E-state index in [0.717, 1.165) is 6.07 Å². The number of benzene rings is 2. The summed E-state index contributed by atoms with van der Waals surface area (Å²) < 4.78 is 29.2. The molecule has 0 fully saturated rings. The average molecular weight is 334 g/mol. The van der Waals surface area contributed by atoms with Gasteiger partial charge in [0.2, 0.25) is 0 Å². The minimum Gasteiger partial charge on any atom is -0.507 e. The first kappa shape index (κ1) is 16.6. The molecule has 6 nitrogen and oxygen atoms in total. The summed E-state index contributed by atoms with van der Waals surface area (Å²) in [5, 5.41) is 18.3. The molecule has 2 aromatic rings. The van der Waals surface area contributed by atoms with Crippen LogP contribution in [0.2, 0.25) is 0 Å². The third-order valence-electron chi connectivity index (χ3n) is 2.92. The summed E-state index contributed by atoms with van der Waals surface area (Å²) >= 11 is 0. The van der Waals surface area contributed by atoms with Gasteiger partial charge >= 0.3 is 5.97 Å². The molecule has 0 saturated carbocycles. The number of ether oxygens (including phenoxy) is 1. The predicted octanol–water partition coefficient (Wildman–Crippen LogP) is 2.46. The van der Waals surface area contributed by atoms with Crippen LogP contribution in [-0.2, 0) is 9.84 Å². The Balaban J connectivity index is 2.03. The van der Waals surface area contributed by atoms with Crippen LogP contribution in [0, 0.1) is 0 Å². The Labute approximate surface area is 133 Å². The highest BCUT2D eigenvalue weighted by molar-refractivity contribution is 7.91. The highest BCUT2D eigenvalue weighted by Gasteiger charge is 2.12. The monoisotopic (exact) mass is 334 g/mol. The van der Waals surface area contributed by atoms with E-state index in [9.17, 15) is 18.3 Å². The Kier molecular flexibility index (Phi) is 5.02. The maximum absolute atomic E-state index is 12.0. The topological polar surface area (TPSA) is 101 Å². The molecule has 0 aromatic heterocycles. The van der Waals surface area contributed by atoms with Gasteiger partial charge in [-0.15, -0.1) is 0 Å². The molecule has 0 aliphatic rings. The van der Waals surface area contributed by atoms with Crippen LogP contribution in [-0.4, -0.2) is 30.4 Å². The molecule has 2 rings (SSSR count). The molecule has 0 aliphatic carbocycles. The van der Waals surface area contributed by atoms with Crippen LogP contribution in [0.25, 0.3) is 0 Å². The van der Waals surface area contributed by atoms with Crippen LogP contribution in [0.5, 0.6) is 11.5 Å². The van der Waals surface area contributed by atoms with Crippen molar-refractivity contribution in [3.05, 3.63) is 66.4 Å². The van der Waals surface area contributed by atoms with Crippen LogP contribution in [0.15, 0.2) is 65.8 Å². The first-order valence-electron chi connectivity index (χ1n) is 6.56. The number of carboxylic acids is 1. The molecular weight excluding hydrogens is 320 g/mol. The van der Waals surface area contributed by atoms with Gasteiger partial charge in [-0.3, -0.25) is 0 Å². The largest absolute Gasteiger partial charge is 0.507 e. The molecule has 0 amide bonds. The Hall–Kier alpha value is -2.80. The van der Waals surface area contributed by atoms with Gasteiger partial charge in [-0.05, 0) is 36.4 Å². The molecule has 0 bridgehead atoms. The van der Waals surface area contributed by atoms with E-state index in [1.54, 1.807) is 18.2 Å². The van der Waals surface area contributed by atoms with Crippen LogP contribution < -0.4 is 4.74 Å². The van der Waals surface area contributed by atoms with Gasteiger partial charge < -0.3 is 14.9 Å². The van der Waals surface area contributed by atoms with Gasteiger partial charge in [0.1, 0.15) is 17.1 Å². The van der Waals surface area contributed by atoms with E-state index < -0.39 is 15.8 Å². The molecule has 0 radical (unpaired) electrons. The van der Waals surface area contributed by atoms with Crippen LogP contribution in [0.3, 0.4) is 0 Å². The van der Waals surface area contributed by atoms with Gasteiger partial charge in [0.05, 0.1) is 16.9 Å². The number of hydrogen-bond acceptors (Lipinski definition) is 5. The first-order chi connectivity index (χ1) is 10.9. The van der Waals surface area contributed by atoms with Crippen LogP contribution in [0.4, 0.5) is 0 Å². The molecule has 120 valence electrons. The summed E-state index contributed by atoms with van der Waals surface area (Å²) in [5.41, 5.74) is -0.298. The molecule has 0 aliphatic heterocycles. The fourth-order valence-electron chi connectivity index (χ4n) is 1.78. The number of sulfone groups is 1. The smallest absolute Gasteiger partial charge is 0.339 e. The van der Waals surface area contributed by atoms with Crippen molar-refractivity contribution in [3.8, 4) is 11.5 Å². The Morgan fingerprint density at radius 3 is 2.48 bits per heavy atom. The quantitative estimate of drug-likeness (QED) is 0.787. The molecule has 0 unspecified atom stereocenters. The number of rotatable bonds is 6. The van der Waals surface area contributed by atoms with Crippen molar-refractivity contribution in [1.82, 2.24) is 0 Å².